The molecule has 0 bridgehead atoms. The lowest BCUT2D eigenvalue weighted by Crippen LogP contribution is -2.21. The number of alkyl halides is 3. The molecule has 0 spiro atoms. The number of aromatic nitrogens is 5. The van der Waals surface area contributed by atoms with Crippen molar-refractivity contribution in [2.24, 2.45) is 11.8 Å². The third-order valence-corrected chi connectivity index (χ3v) is 7.04. The molecule has 0 unspecified atom stereocenters. The minimum atomic E-state index is -4.64. The van der Waals surface area contributed by atoms with Crippen molar-refractivity contribution in [2.45, 2.75) is 51.7 Å². The Morgan fingerprint density at radius 2 is 1.94 bits per heavy atom. The second-order valence-electron chi connectivity index (χ2n) is 9.62. The molecular weight excluding hydrogens is 473 g/mol. The quantitative estimate of drug-likeness (QED) is 0.377. The van der Waals surface area contributed by atoms with Gasteiger partial charge >= 0.3 is 6.18 Å². The summed E-state index contributed by atoms with van der Waals surface area (Å²) in [7, 11) is 1.48. The highest BCUT2D eigenvalue weighted by atomic mass is 19.4. The van der Waals surface area contributed by atoms with Crippen LogP contribution in [-0.2, 0) is 6.18 Å². The van der Waals surface area contributed by atoms with Gasteiger partial charge in [0.2, 0.25) is 0 Å². The third kappa shape index (κ3) is 4.49. The van der Waals surface area contributed by atoms with Crippen molar-refractivity contribution in [2.75, 3.05) is 12.4 Å². The zero-order valence-electron chi connectivity index (χ0n) is 20.2. The lowest BCUT2D eigenvalue weighted by atomic mass is 9.80. The standard InChI is InChI=1S/C25H27F3N6O2/c1-14(2)15-4-6-17(7-5-15)34-12-16-10-19(20(36-3)11-18(16)32-34)30-24(35)22-23-31-21(25(26,27)28)8-9-33(23)13-29-22/h8-15,17H,4-7H2,1-3H3,(H,30,35)/t15-,17-. The number of rotatable bonds is 5. The van der Waals surface area contributed by atoms with Gasteiger partial charge in [-0.05, 0) is 49.7 Å². The van der Waals surface area contributed by atoms with Crippen LogP contribution in [0, 0.1) is 11.8 Å². The second-order valence-corrected chi connectivity index (χ2v) is 9.62. The van der Waals surface area contributed by atoms with Crippen LogP contribution in [0.1, 0.15) is 61.8 Å². The molecule has 190 valence electrons. The van der Waals surface area contributed by atoms with Crippen LogP contribution in [-0.4, -0.2) is 37.2 Å². The highest BCUT2D eigenvalue weighted by Gasteiger charge is 2.33. The molecule has 8 nitrogen and oxygen atoms in total. The van der Waals surface area contributed by atoms with Gasteiger partial charge in [0.25, 0.3) is 5.91 Å². The van der Waals surface area contributed by atoms with Gasteiger partial charge in [-0.2, -0.15) is 18.3 Å². The van der Waals surface area contributed by atoms with E-state index in [0.717, 1.165) is 35.7 Å². The lowest BCUT2D eigenvalue weighted by molar-refractivity contribution is -0.141. The van der Waals surface area contributed by atoms with Gasteiger partial charge in [-0.3, -0.25) is 13.9 Å². The van der Waals surface area contributed by atoms with E-state index in [2.05, 4.69) is 29.1 Å². The summed E-state index contributed by atoms with van der Waals surface area (Å²) in [6.07, 6.45) is 4.23. The number of nitrogens with zero attached hydrogens (tertiary/aromatic N) is 5. The van der Waals surface area contributed by atoms with Crippen molar-refractivity contribution in [3.05, 3.63) is 48.3 Å². The summed E-state index contributed by atoms with van der Waals surface area (Å²) < 4.78 is 48.1. The Kier molecular flexibility index (Phi) is 6.09. The fourth-order valence-corrected chi connectivity index (χ4v) is 4.93. The summed E-state index contributed by atoms with van der Waals surface area (Å²) in [5, 5.41) is 8.29. The number of benzene rings is 1. The number of anilines is 1. The predicted octanol–water partition coefficient (Wildman–Crippen LogP) is 5.75. The summed E-state index contributed by atoms with van der Waals surface area (Å²) >= 11 is 0. The molecule has 1 aromatic carbocycles. The van der Waals surface area contributed by atoms with E-state index in [9.17, 15) is 18.0 Å². The van der Waals surface area contributed by atoms with E-state index < -0.39 is 17.8 Å². The molecule has 0 radical (unpaired) electrons. The molecule has 1 fully saturated rings. The molecule has 1 aliphatic rings. The van der Waals surface area contributed by atoms with Gasteiger partial charge in [0, 0.05) is 23.8 Å². The molecule has 5 rings (SSSR count). The van der Waals surface area contributed by atoms with Gasteiger partial charge in [-0.1, -0.05) is 13.8 Å². The maximum absolute atomic E-state index is 13.1. The molecule has 11 heteroatoms. The minimum Gasteiger partial charge on any atom is -0.494 e. The maximum atomic E-state index is 13.1. The van der Waals surface area contributed by atoms with E-state index in [4.69, 9.17) is 9.84 Å². The number of carbonyl (C=O) groups excluding carboxylic acids is 1. The Bertz CT molecular complexity index is 1420. The molecule has 3 aromatic heterocycles. The van der Waals surface area contributed by atoms with E-state index in [1.807, 2.05) is 10.9 Å². The van der Waals surface area contributed by atoms with Crippen LogP contribution < -0.4 is 10.1 Å². The van der Waals surface area contributed by atoms with Gasteiger partial charge in [0.05, 0.1) is 24.4 Å². The number of hydrogen-bond donors (Lipinski definition) is 1. The predicted molar refractivity (Wildman–Crippen MR) is 128 cm³/mol. The van der Waals surface area contributed by atoms with Crippen molar-refractivity contribution in [1.82, 2.24) is 24.1 Å². The monoisotopic (exact) mass is 500 g/mol. The van der Waals surface area contributed by atoms with E-state index in [1.54, 1.807) is 12.1 Å². The van der Waals surface area contributed by atoms with Crippen molar-refractivity contribution in [3.8, 4) is 5.75 Å². The van der Waals surface area contributed by atoms with Crippen molar-refractivity contribution in [1.29, 1.82) is 0 Å². The Labute approximate surface area is 205 Å². The number of imidazole rings is 1. The van der Waals surface area contributed by atoms with Crippen LogP contribution in [0.2, 0.25) is 0 Å². The van der Waals surface area contributed by atoms with Gasteiger partial charge < -0.3 is 10.1 Å². The van der Waals surface area contributed by atoms with Crippen LogP contribution in [0.15, 0.2) is 36.9 Å². The number of nitrogens with one attached hydrogen (secondary N) is 1. The van der Waals surface area contributed by atoms with Crippen molar-refractivity contribution >= 4 is 28.1 Å². The summed E-state index contributed by atoms with van der Waals surface area (Å²) in [6, 6.07) is 4.65. The average Bonchev–Trinajstić information content (AvgIpc) is 3.46. The minimum absolute atomic E-state index is 0.188. The average molecular weight is 501 g/mol. The van der Waals surface area contributed by atoms with E-state index in [-0.39, 0.29) is 11.3 Å². The number of amides is 1. The largest absolute Gasteiger partial charge is 0.494 e. The molecule has 4 aromatic rings. The molecule has 0 atom stereocenters. The molecule has 1 saturated carbocycles. The topological polar surface area (TPSA) is 86.3 Å². The first kappa shape index (κ1) is 24.1. The van der Waals surface area contributed by atoms with Crippen LogP contribution in [0.25, 0.3) is 16.6 Å². The first-order valence-electron chi connectivity index (χ1n) is 11.9. The first-order valence-corrected chi connectivity index (χ1v) is 11.9. The SMILES string of the molecule is COc1cc2nn([C@H]3CC[C@H](C(C)C)CC3)cc2cc1NC(=O)c1ncn2ccc(C(F)(F)F)nc12. The van der Waals surface area contributed by atoms with Gasteiger partial charge in [0.15, 0.2) is 11.3 Å². The highest BCUT2D eigenvalue weighted by Crippen LogP contribution is 2.37. The molecule has 1 amide bonds. The molecule has 0 saturated heterocycles. The molecule has 36 heavy (non-hydrogen) atoms. The van der Waals surface area contributed by atoms with Crippen molar-refractivity contribution in [3.63, 3.8) is 0 Å². The van der Waals surface area contributed by atoms with Crippen LogP contribution in [0.5, 0.6) is 5.75 Å². The zero-order valence-corrected chi connectivity index (χ0v) is 20.2. The van der Waals surface area contributed by atoms with E-state index >= 15 is 0 Å². The van der Waals surface area contributed by atoms with E-state index in [1.165, 1.54) is 36.9 Å². The first-order chi connectivity index (χ1) is 17.1. The summed E-state index contributed by atoms with van der Waals surface area (Å²) in [4.78, 5) is 20.6. The molecule has 0 aliphatic heterocycles. The van der Waals surface area contributed by atoms with Crippen LogP contribution in [0.3, 0.4) is 0 Å². The van der Waals surface area contributed by atoms with Crippen LogP contribution >= 0.6 is 0 Å². The molecular formula is C25H27F3N6O2. The molecule has 1 aliphatic carbocycles. The summed E-state index contributed by atoms with van der Waals surface area (Å²) in [6.45, 7) is 4.54. The number of fused-ring (bicyclic) bond motifs is 2. The lowest BCUT2D eigenvalue weighted by Gasteiger charge is -2.30. The van der Waals surface area contributed by atoms with Gasteiger partial charge in [-0.15, -0.1) is 0 Å². The van der Waals surface area contributed by atoms with Gasteiger partial charge in [-0.25, -0.2) is 9.97 Å². The highest BCUT2D eigenvalue weighted by molar-refractivity contribution is 6.08. The number of halogens is 3. The second kappa shape index (κ2) is 9.11. The van der Waals surface area contributed by atoms with Crippen LogP contribution in [0.4, 0.5) is 18.9 Å². The van der Waals surface area contributed by atoms with Crippen molar-refractivity contribution < 1.29 is 22.7 Å². The smallest absolute Gasteiger partial charge is 0.433 e. The Morgan fingerprint density at radius 1 is 1.19 bits per heavy atom. The third-order valence-electron chi connectivity index (χ3n) is 7.04. The fraction of sp³-hybridized carbons (Fsp3) is 0.440. The normalized spacial score (nSPS) is 18.8. The number of carbonyl (C=O) groups is 1. The maximum Gasteiger partial charge on any atom is 0.433 e. The van der Waals surface area contributed by atoms with E-state index in [0.29, 0.717) is 23.4 Å². The summed E-state index contributed by atoms with van der Waals surface area (Å²) in [5.74, 6) is 1.12. The fourth-order valence-electron chi connectivity index (χ4n) is 4.93. The Morgan fingerprint density at radius 3 is 2.61 bits per heavy atom. The zero-order chi connectivity index (χ0) is 25.6. The molecule has 3 heterocycles. The Balaban J connectivity index is 1.41. The van der Waals surface area contributed by atoms with Gasteiger partial charge in [0.1, 0.15) is 17.8 Å². The molecule has 1 N–H and O–H groups in total. The number of ether oxygens (including phenoxy) is 1. The number of methoxy groups -OCH3 is 1. The summed E-state index contributed by atoms with van der Waals surface area (Å²) in [5.41, 5.74) is -0.405. The number of hydrogen-bond acceptors (Lipinski definition) is 5. The Hall–Kier alpha value is -3.63.